The first-order valence-corrected chi connectivity index (χ1v) is 6.95. The van der Waals surface area contributed by atoms with Crippen LogP contribution >= 0.6 is 0 Å². The number of aryl methyl sites for hydroxylation is 3. The van der Waals surface area contributed by atoms with Crippen LogP contribution in [0.25, 0.3) is 11.3 Å². The summed E-state index contributed by atoms with van der Waals surface area (Å²) >= 11 is 0. The molecule has 19 heavy (non-hydrogen) atoms. The van der Waals surface area contributed by atoms with Gasteiger partial charge in [0.25, 0.3) is 0 Å². The highest BCUT2D eigenvalue weighted by Crippen LogP contribution is 2.31. The van der Waals surface area contributed by atoms with Gasteiger partial charge in [-0.3, -0.25) is 0 Å². The van der Waals surface area contributed by atoms with Crippen molar-refractivity contribution in [2.45, 2.75) is 47.1 Å². The molecular formula is C16H23N3. The Hall–Kier alpha value is -1.77. The molecule has 0 spiro atoms. The van der Waals surface area contributed by atoms with E-state index in [0.29, 0.717) is 0 Å². The summed E-state index contributed by atoms with van der Waals surface area (Å²) < 4.78 is 2.13. The molecule has 1 aromatic heterocycles. The van der Waals surface area contributed by atoms with E-state index in [-0.39, 0.29) is 0 Å². The first kappa shape index (κ1) is 13.7. The molecule has 0 bridgehead atoms. The second-order valence-electron chi connectivity index (χ2n) is 5.16. The molecule has 0 saturated carbocycles. The summed E-state index contributed by atoms with van der Waals surface area (Å²) in [5.74, 6) is 1.80. The third-order valence-corrected chi connectivity index (χ3v) is 3.65. The highest BCUT2D eigenvalue weighted by atomic mass is 15.1. The molecule has 102 valence electrons. The summed E-state index contributed by atoms with van der Waals surface area (Å²) in [5, 5.41) is 0. The fourth-order valence-corrected chi connectivity index (χ4v) is 2.55. The predicted octanol–water partition coefficient (Wildman–Crippen LogP) is 3.86. The standard InChI is InChI=1S/C16H23N3/c1-5-6-10-19-13(4)18-15(16(19)17)14-11(2)8-7-9-12(14)3/h7-9H,5-6,10,17H2,1-4H3. The maximum Gasteiger partial charge on any atom is 0.131 e. The number of unbranched alkanes of at least 4 members (excludes halogenated alkanes) is 1. The zero-order chi connectivity index (χ0) is 14.0. The van der Waals surface area contributed by atoms with Gasteiger partial charge in [-0.1, -0.05) is 31.5 Å². The lowest BCUT2D eigenvalue weighted by Gasteiger charge is -2.09. The minimum atomic E-state index is 0.795. The van der Waals surface area contributed by atoms with Crippen molar-refractivity contribution in [3.8, 4) is 11.3 Å². The lowest BCUT2D eigenvalue weighted by Crippen LogP contribution is -2.05. The van der Waals surface area contributed by atoms with Crippen LogP contribution in [0.5, 0.6) is 0 Å². The summed E-state index contributed by atoms with van der Waals surface area (Å²) in [4.78, 5) is 4.69. The summed E-state index contributed by atoms with van der Waals surface area (Å²) in [5.41, 5.74) is 10.9. The van der Waals surface area contributed by atoms with Crippen molar-refractivity contribution in [2.75, 3.05) is 5.73 Å². The molecule has 2 aromatic rings. The highest BCUT2D eigenvalue weighted by molar-refractivity contribution is 5.76. The second kappa shape index (κ2) is 5.47. The number of hydrogen-bond acceptors (Lipinski definition) is 2. The van der Waals surface area contributed by atoms with E-state index in [0.717, 1.165) is 36.7 Å². The van der Waals surface area contributed by atoms with Crippen molar-refractivity contribution in [2.24, 2.45) is 0 Å². The quantitative estimate of drug-likeness (QED) is 0.904. The van der Waals surface area contributed by atoms with Crippen molar-refractivity contribution < 1.29 is 0 Å². The molecule has 2 N–H and O–H groups in total. The van der Waals surface area contributed by atoms with Gasteiger partial charge in [0.05, 0.1) is 0 Å². The SMILES string of the molecule is CCCCn1c(C)nc(-c2c(C)cccc2C)c1N. The smallest absolute Gasteiger partial charge is 0.131 e. The van der Waals surface area contributed by atoms with Crippen LogP contribution in [0.15, 0.2) is 18.2 Å². The summed E-state index contributed by atoms with van der Waals surface area (Å²) in [7, 11) is 0. The lowest BCUT2D eigenvalue weighted by atomic mass is 10.0. The Morgan fingerprint density at radius 2 is 1.79 bits per heavy atom. The van der Waals surface area contributed by atoms with E-state index in [9.17, 15) is 0 Å². The fraction of sp³-hybridized carbons (Fsp3) is 0.438. The number of aromatic nitrogens is 2. The van der Waals surface area contributed by atoms with Crippen molar-refractivity contribution in [3.05, 3.63) is 35.2 Å². The molecular weight excluding hydrogens is 234 g/mol. The molecule has 3 heteroatoms. The lowest BCUT2D eigenvalue weighted by molar-refractivity contribution is 0.622. The Bertz CT molecular complexity index is 562. The Morgan fingerprint density at radius 3 is 2.37 bits per heavy atom. The molecule has 0 aliphatic carbocycles. The van der Waals surface area contributed by atoms with E-state index in [4.69, 9.17) is 10.7 Å². The van der Waals surface area contributed by atoms with Crippen LogP contribution in [-0.4, -0.2) is 9.55 Å². The van der Waals surface area contributed by atoms with Crippen LogP contribution in [0.4, 0.5) is 5.82 Å². The third-order valence-electron chi connectivity index (χ3n) is 3.65. The molecule has 0 aliphatic rings. The van der Waals surface area contributed by atoms with Crippen LogP contribution in [-0.2, 0) is 6.54 Å². The first-order valence-electron chi connectivity index (χ1n) is 6.95. The van der Waals surface area contributed by atoms with Crippen molar-refractivity contribution in [1.82, 2.24) is 9.55 Å². The Kier molecular flexibility index (Phi) is 3.93. The van der Waals surface area contributed by atoms with E-state index < -0.39 is 0 Å². The second-order valence-corrected chi connectivity index (χ2v) is 5.16. The monoisotopic (exact) mass is 257 g/mol. The number of benzene rings is 1. The van der Waals surface area contributed by atoms with Gasteiger partial charge in [0.1, 0.15) is 17.3 Å². The van der Waals surface area contributed by atoms with Crippen molar-refractivity contribution in [1.29, 1.82) is 0 Å². The fourth-order valence-electron chi connectivity index (χ4n) is 2.55. The highest BCUT2D eigenvalue weighted by Gasteiger charge is 2.16. The Morgan fingerprint density at radius 1 is 1.16 bits per heavy atom. The summed E-state index contributed by atoms with van der Waals surface area (Å²) in [6, 6.07) is 6.30. The van der Waals surface area contributed by atoms with Gasteiger partial charge in [0.15, 0.2) is 0 Å². The average Bonchev–Trinajstić information content (AvgIpc) is 2.63. The van der Waals surface area contributed by atoms with Crippen LogP contribution < -0.4 is 5.73 Å². The van der Waals surface area contributed by atoms with Gasteiger partial charge in [-0.25, -0.2) is 4.98 Å². The largest absolute Gasteiger partial charge is 0.383 e. The first-order chi connectivity index (χ1) is 9.06. The molecule has 0 saturated heterocycles. The number of rotatable bonds is 4. The molecule has 3 nitrogen and oxygen atoms in total. The molecule has 2 rings (SSSR count). The number of imidazole rings is 1. The zero-order valence-electron chi connectivity index (χ0n) is 12.3. The molecule has 0 atom stereocenters. The number of nitrogens with two attached hydrogens (primary N) is 1. The van der Waals surface area contributed by atoms with Gasteiger partial charge in [0, 0.05) is 12.1 Å². The minimum Gasteiger partial charge on any atom is -0.383 e. The van der Waals surface area contributed by atoms with Crippen molar-refractivity contribution >= 4 is 5.82 Å². The van der Waals surface area contributed by atoms with Crippen molar-refractivity contribution in [3.63, 3.8) is 0 Å². The molecule has 0 radical (unpaired) electrons. The van der Waals surface area contributed by atoms with E-state index in [1.165, 1.54) is 16.7 Å². The molecule has 0 fully saturated rings. The van der Waals surface area contributed by atoms with Gasteiger partial charge < -0.3 is 10.3 Å². The normalized spacial score (nSPS) is 10.9. The van der Waals surface area contributed by atoms with Crippen LogP contribution in [0, 0.1) is 20.8 Å². The van der Waals surface area contributed by atoms with Crippen LogP contribution in [0.2, 0.25) is 0 Å². The predicted molar refractivity (Wildman–Crippen MR) is 81.2 cm³/mol. The average molecular weight is 257 g/mol. The Balaban J connectivity index is 2.52. The third kappa shape index (κ3) is 2.50. The van der Waals surface area contributed by atoms with E-state index >= 15 is 0 Å². The Labute approximate surface area is 115 Å². The topological polar surface area (TPSA) is 43.8 Å². The summed E-state index contributed by atoms with van der Waals surface area (Å²) in [6.07, 6.45) is 2.30. The molecule has 0 unspecified atom stereocenters. The minimum absolute atomic E-state index is 0.795. The van der Waals surface area contributed by atoms with Gasteiger partial charge >= 0.3 is 0 Å². The van der Waals surface area contributed by atoms with Gasteiger partial charge in [-0.2, -0.15) is 0 Å². The molecule has 1 heterocycles. The van der Waals surface area contributed by atoms with E-state index in [1.54, 1.807) is 0 Å². The van der Waals surface area contributed by atoms with Gasteiger partial charge in [-0.05, 0) is 38.3 Å². The maximum absolute atomic E-state index is 6.32. The zero-order valence-corrected chi connectivity index (χ0v) is 12.3. The van der Waals surface area contributed by atoms with Crippen LogP contribution in [0.3, 0.4) is 0 Å². The number of anilines is 1. The number of nitrogens with zero attached hydrogens (tertiary/aromatic N) is 2. The van der Waals surface area contributed by atoms with Crippen LogP contribution in [0.1, 0.15) is 36.7 Å². The number of hydrogen-bond donors (Lipinski definition) is 1. The van der Waals surface area contributed by atoms with E-state index in [2.05, 4.69) is 43.5 Å². The van der Waals surface area contributed by atoms with E-state index in [1.807, 2.05) is 6.92 Å². The maximum atomic E-state index is 6.32. The molecule has 1 aromatic carbocycles. The molecule has 0 aliphatic heterocycles. The number of nitrogen functional groups attached to an aromatic ring is 1. The summed E-state index contributed by atoms with van der Waals surface area (Å²) in [6.45, 7) is 9.40. The molecule has 0 amide bonds. The van der Waals surface area contributed by atoms with Gasteiger partial charge in [0.2, 0.25) is 0 Å². The van der Waals surface area contributed by atoms with Gasteiger partial charge in [-0.15, -0.1) is 0 Å².